The molecule has 0 aliphatic rings. The number of rotatable bonds is 3. The summed E-state index contributed by atoms with van der Waals surface area (Å²) in [7, 11) is 0. The van der Waals surface area contributed by atoms with E-state index in [4.69, 9.17) is 28.6 Å². The van der Waals surface area contributed by atoms with E-state index in [0.717, 1.165) is 10.2 Å². The van der Waals surface area contributed by atoms with Gasteiger partial charge in [0.05, 0.1) is 26.8 Å². The number of fused-ring (bicyclic) bond motifs is 1. The molecule has 0 radical (unpaired) electrons. The summed E-state index contributed by atoms with van der Waals surface area (Å²) >= 11 is 13.1. The Hall–Kier alpha value is -1.14. The highest BCUT2D eigenvalue weighted by molar-refractivity contribution is 8.93. The van der Waals surface area contributed by atoms with Gasteiger partial charge in [-0.25, -0.2) is 0 Å². The van der Waals surface area contributed by atoms with E-state index < -0.39 is 0 Å². The first-order valence-corrected chi connectivity index (χ1v) is 7.75. The van der Waals surface area contributed by atoms with Crippen molar-refractivity contribution in [1.82, 2.24) is 4.57 Å². The number of Topliss-reactive ketones (excluding diaryl/α,β-unsaturated/α-hetero) is 1. The van der Waals surface area contributed by atoms with Crippen molar-refractivity contribution in [3.63, 3.8) is 0 Å². The molecule has 7 heteroatoms. The zero-order valence-electron chi connectivity index (χ0n) is 11.2. The van der Waals surface area contributed by atoms with E-state index in [-0.39, 0.29) is 29.3 Å². The standard InChI is InChI=1S/C15H10Cl2N2OS.BrH/c16-10-6-5-9(7-11(10)17)13(20)8-19-12-3-1-2-4-14(12)21-15(19)18;/h1-7,18H,8H2;1H. The lowest BCUT2D eigenvalue weighted by atomic mass is 10.1. The molecule has 0 unspecified atom stereocenters. The van der Waals surface area contributed by atoms with Crippen molar-refractivity contribution in [2.45, 2.75) is 6.54 Å². The summed E-state index contributed by atoms with van der Waals surface area (Å²) in [6.45, 7) is 0.112. The predicted molar refractivity (Wildman–Crippen MR) is 96.8 cm³/mol. The normalized spacial score (nSPS) is 10.5. The summed E-state index contributed by atoms with van der Waals surface area (Å²) < 4.78 is 2.69. The Morgan fingerprint density at radius 2 is 1.86 bits per heavy atom. The molecule has 3 nitrogen and oxygen atoms in total. The zero-order valence-corrected chi connectivity index (χ0v) is 15.2. The molecule has 22 heavy (non-hydrogen) atoms. The number of aromatic nitrogens is 1. The van der Waals surface area contributed by atoms with Gasteiger partial charge in [0, 0.05) is 5.56 Å². The van der Waals surface area contributed by atoms with Gasteiger partial charge in [0.1, 0.15) is 0 Å². The Kier molecular flexibility index (Phi) is 5.45. The van der Waals surface area contributed by atoms with Gasteiger partial charge in [-0.3, -0.25) is 10.2 Å². The van der Waals surface area contributed by atoms with Crippen LogP contribution in [0.3, 0.4) is 0 Å². The molecule has 0 bridgehead atoms. The van der Waals surface area contributed by atoms with Crippen molar-refractivity contribution in [2.75, 3.05) is 0 Å². The van der Waals surface area contributed by atoms with Crippen LogP contribution >= 0.6 is 51.5 Å². The monoisotopic (exact) mass is 416 g/mol. The topological polar surface area (TPSA) is 45.9 Å². The number of hydrogen-bond acceptors (Lipinski definition) is 3. The van der Waals surface area contributed by atoms with Gasteiger partial charge in [-0.2, -0.15) is 0 Å². The lowest BCUT2D eigenvalue weighted by Crippen LogP contribution is -2.19. The van der Waals surface area contributed by atoms with Gasteiger partial charge in [-0.15, -0.1) is 17.0 Å². The number of ketones is 1. The Morgan fingerprint density at radius 3 is 2.59 bits per heavy atom. The van der Waals surface area contributed by atoms with Crippen LogP contribution in [0.1, 0.15) is 10.4 Å². The van der Waals surface area contributed by atoms with Gasteiger partial charge in [0.25, 0.3) is 0 Å². The molecular weight excluding hydrogens is 407 g/mol. The molecule has 0 spiro atoms. The average Bonchev–Trinajstić information content (AvgIpc) is 2.78. The van der Waals surface area contributed by atoms with Crippen LogP contribution in [0, 0.1) is 5.41 Å². The fourth-order valence-corrected chi connectivity index (χ4v) is 3.31. The van der Waals surface area contributed by atoms with Crippen molar-refractivity contribution < 1.29 is 4.79 Å². The maximum atomic E-state index is 12.4. The largest absolute Gasteiger partial charge is 0.309 e. The van der Waals surface area contributed by atoms with Crippen molar-refractivity contribution in [1.29, 1.82) is 5.41 Å². The number of nitrogens with one attached hydrogen (secondary N) is 1. The number of benzene rings is 2. The second-order valence-electron chi connectivity index (χ2n) is 4.51. The third-order valence-corrected chi connectivity index (χ3v) is 4.87. The highest BCUT2D eigenvalue weighted by Gasteiger charge is 2.12. The van der Waals surface area contributed by atoms with Gasteiger partial charge >= 0.3 is 0 Å². The zero-order chi connectivity index (χ0) is 15.0. The quantitative estimate of drug-likeness (QED) is 0.602. The highest BCUT2D eigenvalue weighted by Crippen LogP contribution is 2.23. The SMILES string of the molecule is Br.N=c1sc2ccccc2n1CC(=O)c1ccc(Cl)c(Cl)c1. The molecule has 1 heterocycles. The van der Waals surface area contributed by atoms with Gasteiger partial charge in [0.2, 0.25) is 0 Å². The van der Waals surface area contributed by atoms with Gasteiger partial charge in [0.15, 0.2) is 10.6 Å². The number of halogens is 3. The van der Waals surface area contributed by atoms with Crippen LogP contribution in [-0.2, 0) is 6.54 Å². The lowest BCUT2D eigenvalue weighted by molar-refractivity contribution is 0.0972. The van der Waals surface area contributed by atoms with Crippen molar-refractivity contribution >= 4 is 67.5 Å². The predicted octanol–water partition coefficient (Wildman–Crippen LogP) is 4.95. The highest BCUT2D eigenvalue weighted by atomic mass is 79.9. The van der Waals surface area contributed by atoms with Crippen LogP contribution in [0.5, 0.6) is 0 Å². The second kappa shape index (κ2) is 6.96. The molecule has 3 aromatic rings. The van der Waals surface area contributed by atoms with Crippen LogP contribution in [0.4, 0.5) is 0 Å². The smallest absolute Gasteiger partial charge is 0.183 e. The Morgan fingerprint density at radius 1 is 1.14 bits per heavy atom. The molecule has 3 rings (SSSR count). The maximum Gasteiger partial charge on any atom is 0.183 e. The summed E-state index contributed by atoms with van der Waals surface area (Å²) in [5.41, 5.74) is 1.38. The Labute approximate surface area is 151 Å². The minimum absolute atomic E-state index is 0. The van der Waals surface area contributed by atoms with Crippen LogP contribution in [0.15, 0.2) is 42.5 Å². The van der Waals surface area contributed by atoms with Crippen molar-refractivity contribution in [2.24, 2.45) is 0 Å². The van der Waals surface area contributed by atoms with Crippen molar-refractivity contribution in [3.8, 4) is 0 Å². The number of thiazole rings is 1. The number of carbonyl (C=O) groups excluding carboxylic acids is 1. The lowest BCUT2D eigenvalue weighted by Gasteiger charge is -2.05. The molecule has 2 aromatic carbocycles. The van der Waals surface area contributed by atoms with E-state index >= 15 is 0 Å². The minimum Gasteiger partial charge on any atom is -0.309 e. The molecule has 0 aliphatic heterocycles. The van der Waals surface area contributed by atoms with E-state index in [0.29, 0.717) is 20.4 Å². The molecule has 0 aliphatic carbocycles. The van der Waals surface area contributed by atoms with Gasteiger partial charge in [-0.1, -0.05) is 46.7 Å². The average molecular weight is 418 g/mol. The Bertz CT molecular complexity index is 904. The summed E-state index contributed by atoms with van der Waals surface area (Å²) in [6.07, 6.45) is 0. The first-order valence-electron chi connectivity index (χ1n) is 6.17. The molecule has 0 amide bonds. The second-order valence-corrected chi connectivity index (χ2v) is 6.36. The van der Waals surface area contributed by atoms with Crippen LogP contribution in [0.2, 0.25) is 10.0 Å². The Balaban J connectivity index is 0.00000176. The third-order valence-electron chi connectivity index (χ3n) is 3.15. The van der Waals surface area contributed by atoms with Gasteiger partial charge < -0.3 is 4.57 Å². The minimum atomic E-state index is -0.101. The van der Waals surface area contributed by atoms with Crippen LogP contribution < -0.4 is 4.80 Å². The number of hydrogen-bond donors (Lipinski definition) is 1. The summed E-state index contributed by atoms with van der Waals surface area (Å²) in [6, 6.07) is 12.5. The molecule has 0 saturated carbocycles. The first-order chi connectivity index (χ1) is 10.1. The van der Waals surface area contributed by atoms with Crippen LogP contribution in [-0.4, -0.2) is 10.4 Å². The molecule has 1 aromatic heterocycles. The number of para-hydroxylation sites is 1. The van der Waals surface area contributed by atoms with E-state index in [1.165, 1.54) is 11.3 Å². The number of nitrogens with zero attached hydrogens (tertiary/aromatic N) is 1. The summed E-state index contributed by atoms with van der Waals surface area (Å²) in [4.78, 5) is 12.7. The molecule has 0 fully saturated rings. The van der Waals surface area contributed by atoms with Crippen LogP contribution in [0.25, 0.3) is 10.2 Å². The fourth-order valence-electron chi connectivity index (χ4n) is 2.10. The first kappa shape index (κ1) is 17.2. The molecule has 114 valence electrons. The van der Waals surface area contributed by atoms with E-state index in [1.807, 2.05) is 24.3 Å². The maximum absolute atomic E-state index is 12.4. The summed E-state index contributed by atoms with van der Waals surface area (Å²) in [5, 5.41) is 8.79. The van der Waals surface area contributed by atoms with E-state index in [1.54, 1.807) is 22.8 Å². The fraction of sp³-hybridized carbons (Fsp3) is 0.0667. The van der Waals surface area contributed by atoms with Crippen molar-refractivity contribution in [3.05, 3.63) is 62.9 Å². The molecule has 1 N–H and O–H groups in total. The molecule has 0 saturated heterocycles. The van der Waals surface area contributed by atoms with E-state index in [9.17, 15) is 4.79 Å². The third kappa shape index (κ3) is 3.27. The van der Waals surface area contributed by atoms with Gasteiger partial charge in [-0.05, 0) is 30.3 Å². The molecule has 0 atom stereocenters. The van der Waals surface area contributed by atoms with E-state index in [2.05, 4.69) is 0 Å². The number of carbonyl (C=O) groups is 1. The molecular formula is C15H11BrCl2N2OS. The summed E-state index contributed by atoms with van der Waals surface area (Å²) in [5.74, 6) is -0.101.